The van der Waals surface area contributed by atoms with Gasteiger partial charge in [0.2, 0.25) is 9.84 Å². The van der Waals surface area contributed by atoms with Gasteiger partial charge in [0.05, 0.1) is 19.8 Å². The molecule has 168 valence electrons. The predicted molar refractivity (Wildman–Crippen MR) is 131 cm³/mol. The molecule has 0 saturated heterocycles. The van der Waals surface area contributed by atoms with Crippen LogP contribution in [0.25, 0.3) is 0 Å². The van der Waals surface area contributed by atoms with Gasteiger partial charge in [0.15, 0.2) is 0 Å². The molecule has 0 aromatic heterocycles. The maximum atomic E-state index is 13.2. The summed E-state index contributed by atoms with van der Waals surface area (Å²) < 4.78 is 37.9. The lowest BCUT2D eigenvalue weighted by atomic mass is 10.2. The largest absolute Gasteiger partial charge is 0.456 e. The second kappa shape index (κ2) is 9.48. The standard InChI is InChI=1S/C26H20Cl2O4S/c1-17-3-7-19(8-4-17)31-25-13-11-21(15-23(25)27)33(29,30)22-12-14-26(24(28)16-22)32-20-9-5-18(2)6-10-20/h3-16H,1-2H3. The van der Waals surface area contributed by atoms with Crippen LogP contribution in [-0.4, -0.2) is 8.42 Å². The molecular weight excluding hydrogens is 479 g/mol. The third kappa shape index (κ3) is 5.33. The number of halogens is 2. The lowest BCUT2D eigenvalue weighted by Crippen LogP contribution is -2.02. The number of hydrogen-bond acceptors (Lipinski definition) is 4. The van der Waals surface area contributed by atoms with Crippen molar-refractivity contribution in [3.05, 3.63) is 106 Å². The van der Waals surface area contributed by atoms with Crippen molar-refractivity contribution >= 4 is 33.0 Å². The molecule has 0 spiro atoms. The fourth-order valence-electron chi connectivity index (χ4n) is 3.07. The number of aryl methyl sites for hydroxylation is 2. The van der Waals surface area contributed by atoms with E-state index in [2.05, 4.69) is 0 Å². The van der Waals surface area contributed by atoms with Crippen LogP contribution in [0, 0.1) is 13.8 Å². The molecule has 0 aliphatic heterocycles. The summed E-state index contributed by atoms with van der Waals surface area (Å²) in [6, 6.07) is 23.6. The summed E-state index contributed by atoms with van der Waals surface area (Å²) >= 11 is 12.7. The summed E-state index contributed by atoms with van der Waals surface area (Å²) in [6.07, 6.45) is 0. The van der Waals surface area contributed by atoms with Crippen LogP contribution in [0.1, 0.15) is 11.1 Å². The van der Waals surface area contributed by atoms with Crippen molar-refractivity contribution in [1.82, 2.24) is 0 Å². The van der Waals surface area contributed by atoms with Crippen LogP contribution in [-0.2, 0) is 9.84 Å². The minimum absolute atomic E-state index is 0.0343. The van der Waals surface area contributed by atoms with Crippen LogP contribution >= 0.6 is 23.2 Å². The van der Waals surface area contributed by atoms with E-state index in [0.717, 1.165) is 11.1 Å². The molecular formula is C26H20Cl2O4S. The summed E-state index contributed by atoms with van der Waals surface area (Å²) in [5.74, 6) is 1.93. The highest BCUT2D eigenvalue weighted by Gasteiger charge is 2.21. The van der Waals surface area contributed by atoms with E-state index < -0.39 is 9.84 Å². The number of benzene rings is 4. The van der Waals surface area contributed by atoms with Gasteiger partial charge in [-0.15, -0.1) is 0 Å². The molecule has 0 bridgehead atoms. The van der Waals surface area contributed by atoms with Crippen LogP contribution in [0.2, 0.25) is 10.0 Å². The maximum absolute atomic E-state index is 13.2. The van der Waals surface area contributed by atoms with Crippen LogP contribution < -0.4 is 9.47 Å². The second-order valence-corrected chi connectivity index (χ2v) is 10.3. The van der Waals surface area contributed by atoms with E-state index in [1.807, 2.05) is 62.4 Å². The molecule has 0 aliphatic rings. The smallest absolute Gasteiger partial charge is 0.206 e. The van der Waals surface area contributed by atoms with Gasteiger partial charge < -0.3 is 9.47 Å². The van der Waals surface area contributed by atoms with Gasteiger partial charge in [-0.1, -0.05) is 58.6 Å². The lowest BCUT2D eigenvalue weighted by Gasteiger charge is -2.12. The number of rotatable bonds is 6. The molecule has 4 aromatic carbocycles. The Kier molecular flexibility index (Phi) is 6.66. The molecule has 4 nitrogen and oxygen atoms in total. The highest BCUT2D eigenvalue weighted by Crippen LogP contribution is 2.36. The summed E-state index contributed by atoms with van der Waals surface area (Å²) in [6.45, 7) is 3.95. The van der Waals surface area contributed by atoms with Crippen molar-refractivity contribution in [3.8, 4) is 23.0 Å². The Morgan fingerprint density at radius 1 is 0.576 bits per heavy atom. The maximum Gasteiger partial charge on any atom is 0.206 e. The Labute approximate surface area is 203 Å². The molecule has 0 saturated carbocycles. The van der Waals surface area contributed by atoms with Crippen molar-refractivity contribution in [2.75, 3.05) is 0 Å². The first-order chi connectivity index (χ1) is 15.7. The van der Waals surface area contributed by atoms with Gasteiger partial charge in [0.1, 0.15) is 23.0 Å². The van der Waals surface area contributed by atoms with Gasteiger partial charge in [-0.05, 0) is 74.5 Å². The van der Waals surface area contributed by atoms with Gasteiger partial charge in [-0.25, -0.2) is 8.42 Å². The van der Waals surface area contributed by atoms with Crippen LogP contribution in [0.4, 0.5) is 0 Å². The van der Waals surface area contributed by atoms with E-state index in [4.69, 9.17) is 32.7 Å². The minimum atomic E-state index is -3.85. The molecule has 33 heavy (non-hydrogen) atoms. The summed E-state index contributed by atoms with van der Waals surface area (Å²) in [4.78, 5) is 0.0686. The SMILES string of the molecule is Cc1ccc(Oc2ccc(S(=O)(=O)c3ccc(Oc4ccc(C)cc4)c(Cl)c3)cc2Cl)cc1. The molecule has 0 N–H and O–H groups in total. The molecule has 4 aromatic rings. The average Bonchev–Trinajstić information content (AvgIpc) is 2.79. The lowest BCUT2D eigenvalue weighted by molar-refractivity contribution is 0.482. The Morgan fingerprint density at radius 2 is 0.939 bits per heavy atom. The Balaban J connectivity index is 1.57. The molecule has 0 fully saturated rings. The van der Waals surface area contributed by atoms with Gasteiger partial charge in [0, 0.05) is 0 Å². The Hall–Kier alpha value is -2.99. The first kappa shape index (κ1) is 23.2. The van der Waals surface area contributed by atoms with Crippen molar-refractivity contribution in [1.29, 1.82) is 0 Å². The first-order valence-corrected chi connectivity index (χ1v) is 12.3. The average molecular weight is 499 g/mol. The Morgan fingerprint density at radius 3 is 1.27 bits per heavy atom. The van der Waals surface area contributed by atoms with E-state index in [1.165, 1.54) is 36.4 Å². The molecule has 0 amide bonds. The van der Waals surface area contributed by atoms with Gasteiger partial charge >= 0.3 is 0 Å². The van der Waals surface area contributed by atoms with Crippen LogP contribution in [0.5, 0.6) is 23.0 Å². The van der Waals surface area contributed by atoms with Gasteiger partial charge in [-0.2, -0.15) is 0 Å². The summed E-state index contributed by atoms with van der Waals surface area (Å²) in [5.41, 5.74) is 2.20. The number of ether oxygens (including phenoxy) is 2. The van der Waals surface area contributed by atoms with E-state index in [9.17, 15) is 8.42 Å². The first-order valence-electron chi connectivity index (χ1n) is 10.1. The molecule has 7 heteroatoms. The van der Waals surface area contributed by atoms with E-state index >= 15 is 0 Å². The normalized spacial score (nSPS) is 11.3. The fraction of sp³-hybridized carbons (Fsp3) is 0.0769. The molecule has 0 unspecified atom stereocenters. The number of hydrogen-bond donors (Lipinski definition) is 0. The van der Waals surface area contributed by atoms with Crippen molar-refractivity contribution in [3.63, 3.8) is 0 Å². The molecule has 0 heterocycles. The highest BCUT2D eigenvalue weighted by atomic mass is 35.5. The third-order valence-electron chi connectivity index (χ3n) is 4.92. The highest BCUT2D eigenvalue weighted by molar-refractivity contribution is 7.91. The molecule has 4 rings (SSSR count). The second-order valence-electron chi connectivity index (χ2n) is 7.52. The zero-order chi connectivity index (χ0) is 23.6. The fourth-order valence-corrected chi connectivity index (χ4v) is 4.95. The summed E-state index contributed by atoms with van der Waals surface area (Å²) in [5, 5.41) is 0.365. The van der Waals surface area contributed by atoms with E-state index in [-0.39, 0.29) is 19.8 Å². The van der Waals surface area contributed by atoms with Crippen molar-refractivity contribution in [2.45, 2.75) is 23.6 Å². The van der Waals surface area contributed by atoms with E-state index in [1.54, 1.807) is 0 Å². The van der Waals surface area contributed by atoms with E-state index in [0.29, 0.717) is 23.0 Å². The topological polar surface area (TPSA) is 52.6 Å². The summed E-state index contributed by atoms with van der Waals surface area (Å²) in [7, 11) is -3.85. The van der Waals surface area contributed by atoms with Crippen LogP contribution in [0.3, 0.4) is 0 Å². The van der Waals surface area contributed by atoms with Gasteiger partial charge in [-0.3, -0.25) is 0 Å². The third-order valence-corrected chi connectivity index (χ3v) is 7.26. The monoisotopic (exact) mass is 498 g/mol. The van der Waals surface area contributed by atoms with Gasteiger partial charge in [0.25, 0.3) is 0 Å². The predicted octanol–water partition coefficient (Wildman–Crippen LogP) is 8.03. The quantitative estimate of drug-likeness (QED) is 0.270. The van der Waals surface area contributed by atoms with Crippen molar-refractivity contribution < 1.29 is 17.9 Å². The Bertz CT molecular complexity index is 1290. The molecule has 0 atom stereocenters. The minimum Gasteiger partial charge on any atom is -0.456 e. The zero-order valence-electron chi connectivity index (χ0n) is 17.9. The molecule has 0 radical (unpaired) electrons. The zero-order valence-corrected chi connectivity index (χ0v) is 20.2. The molecule has 0 aliphatic carbocycles. The van der Waals surface area contributed by atoms with Crippen molar-refractivity contribution in [2.24, 2.45) is 0 Å². The van der Waals surface area contributed by atoms with Crippen LogP contribution in [0.15, 0.2) is 94.7 Å². The number of sulfone groups is 1.